The molecular weight excluding hydrogens is 232 g/mol. The van der Waals surface area contributed by atoms with Gasteiger partial charge in [-0.05, 0) is 25.7 Å². The van der Waals surface area contributed by atoms with Crippen molar-refractivity contribution in [2.24, 2.45) is 5.73 Å². The van der Waals surface area contributed by atoms with Gasteiger partial charge in [0.25, 0.3) is 0 Å². The summed E-state index contributed by atoms with van der Waals surface area (Å²) in [6.07, 6.45) is 5.94. The second-order valence-electron chi connectivity index (χ2n) is 5.18. The fourth-order valence-electron chi connectivity index (χ4n) is 2.90. The first kappa shape index (κ1) is 12.1. The van der Waals surface area contributed by atoms with Gasteiger partial charge >= 0.3 is 0 Å². The minimum atomic E-state index is -0.00397. The van der Waals surface area contributed by atoms with E-state index in [1.807, 2.05) is 10.9 Å². The molecule has 0 radical (unpaired) electrons. The number of nitrogens with two attached hydrogens (primary N) is 1. The van der Waals surface area contributed by atoms with E-state index in [2.05, 4.69) is 10.3 Å². The van der Waals surface area contributed by atoms with E-state index in [0.29, 0.717) is 12.6 Å². The molecule has 1 aromatic rings. The third-order valence-electron chi connectivity index (χ3n) is 4.01. The van der Waals surface area contributed by atoms with Gasteiger partial charge in [-0.15, -0.1) is 5.10 Å². The van der Waals surface area contributed by atoms with Crippen molar-refractivity contribution in [1.82, 2.24) is 15.0 Å². The normalized spacial score (nSPS) is 27.5. The summed E-state index contributed by atoms with van der Waals surface area (Å²) in [5, 5.41) is 8.25. The largest absolute Gasteiger partial charge is 0.381 e. The molecule has 2 N–H and O–H groups in total. The highest BCUT2D eigenvalue weighted by molar-refractivity contribution is 4.95. The lowest BCUT2D eigenvalue weighted by molar-refractivity contribution is -0.145. The first-order chi connectivity index (χ1) is 8.81. The van der Waals surface area contributed by atoms with Crippen LogP contribution in [0.4, 0.5) is 0 Å². The topological polar surface area (TPSA) is 75.2 Å². The molecule has 0 saturated carbocycles. The molecule has 2 saturated heterocycles. The van der Waals surface area contributed by atoms with Gasteiger partial charge < -0.3 is 15.2 Å². The molecule has 6 nitrogen and oxygen atoms in total. The molecule has 0 aromatic carbocycles. The molecule has 18 heavy (non-hydrogen) atoms. The Morgan fingerprint density at radius 3 is 2.94 bits per heavy atom. The molecule has 2 fully saturated rings. The van der Waals surface area contributed by atoms with Gasteiger partial charge in [-0.1, -0.05) is 5.21 Å². The van der Waals surface area contributed by atoms with Gasteiger partial charge in [-0.2, -0.15) is 0 Å². The zero-order valence-electron chi connectivity index (χ0n) is 10.5. The van der Waals surface area contributed by atoms with Crippen LogP contribution >= 0.6 is 0 Å². The molecule has 100 valence electrons. The Hall–Kier alpha value is -0.980. The Morgan fingerprint density at radius 2 is 2.22 bits per heavy atom. The standard InChI is InChI=1S/C12H20N4O2/c13-8-10-9-16(15-14-10)11-1-4-18-12(7-11)2-5-17-6-3-12/h9,11H,1-8,13H2. The molecule has 2 aliphatic rings. The molecule has 0 amide bonds. The smallest absolute Gasteiger partial charge is 0.0962 e. The molecule has 1 spiro atoms. The van der Waals surface area contributed by atoms with Crippen molar-refractivity contribution in [2.75, 3.05) is 19.8 Å². The summed E-state index contributed by atoms with van der Waals surface area (Å²) >= 11 is 0. The predicted octanol–water partition coefficient (Wildman–Crippen LogP) is 0.637. The quantitative estimate of drug-likeness (QED) is 0.836. The molecule has 1 unspecified atom stereocenters. The van der Waals surface area contributed by atoms with Crippen LogP contribution in [0.25, 0.3) is 0 Å². The Morgan fingerprint density at radius 1 is 1.39 bits per heavy atom. The summed E-state index contributed by atoms with van der Waals surface area (Å²) in [5.41, 5.74) is 6.42. The number of rotatable bonds is 2. The lowest BCUT2D eigenvalue weighted by atomic mass is 9.84. The molecule has 0 bridgehead atoms. The number of aromatic nitrogens is 3. The van der Waals surface area contributed by atoms with Crippen LogP contribution in [0.3, 0.4) is 0 Å². The Labute approximate surface area is 106 Å². The van der Waals surface area contributed by atoms with Crippen LogP contribution in [0.1, 0.15) is 37.4 Å². The van der Waals surface area contributed by atoms with Crippen LogP contribution in [0.15, 0.2) is 6.20 Å². The molecule has 2 aliphatic heterocycles. The third kappa shape index (κ3) is 2.28. The highest BCUT2D eigenvalue weighted by Crippen LogP contribution is 2.38. The second-order valence-corrected chi connectivity index (χ2v) is 5.18. The lowest BCUT2D eigenvalue weighted by Gasteiger charge is -2.43. The van der Waals surface area contributed by atoms with E-state index in [0.717, 1.165) is 51.2 Å². The minimum Gasteiger partial charge on any atom is -0.381 e. The average molecular weight is 252 g/mol. The van der Waals surface area contributed by atoms with Gasteiger partial charge in [-0.3, -0.25) is 0 Å². The van der Waals surface area contributed by atoms with Gasteiger partial charge in [0.05, 0.1) is 23.5 Å². The van der Waals surface area contributed by atoms with Crippen molar-refractivity contribution in [1.29, 1.82) is 0 Å². The summed E-state index contributed by atoms with van der Waals surface area (Å²) in [5.74, 6) is 0. The average Bonchev–Trinajstić information content (AvgIpc) is 2.88. The first-order valence-corrected chi connectivity index (χ1v) is 6.64. The monoisotopic (exact) mass is 252 g/mol. The fourth-order valence-corrected chi connectivity index (χ4v) is 2.90. The van der Waals surface area contributed by atoms with E-state index >= 15 is 0 Å². The van der Waals surface area contributed by atoms with Crippen molar-refractivity contribution in [3.05, 3.63) is 11.9 Å². The zero-order chi connectivity index (χ0) is 12.4. The van der Waals surface area contributed by atoms with Crippen molar-refractivity contribution in [3.63, 3.8) is 0 Å². The van der Waals surface area contributed by atoms with E-state index in [1.54, 1.807) is 0 Å². The number of hydrogen-bond acceptors (Lipinski definition) is 5. The molecular formula is C12H20N4O2. The van der Waals surface area contributed by atoms with Crippen LogP contribution < -0.4 is 5.73 Å². The lowest BCUT2D eigenvalue weighted by Crippen LogP contribution is -2.44. The Kier molecular flexibility index (Phi) is 3.32. The van der Waals surface area contributed by atoms with E-state index in [9.17, 15) is 0 Å². The van der Waals surface area contributed by atoms with Gasteiger partial charge in [-0.25, -0.2) is 4.68 Å². The summed E-state index contributed by atoms with van der Waals surface area (Å²) in [4.78, 5) is 0. The van der Waals surface area contributed by atoms with E-state index in [1.165, 1.54) is 0 Å². The third-order valence-corrected chi connectivity index (χ3v) is 4.01. The van der Waals surface area contributed by atoms with Crippen LogP contribution in [-0.4, -0.2) is 40.4 Å². The molecule has 0 aliphatic carbocycles. The minimum absolute atomic E-state index is 0.00397. The second kappa shape index (κ2) is 4.95. The van der Waals surface area contributed by atoms with Crippen molar-refractivity contribution in [2.45, 2.75) is 43.9 Å². The molecule has 3 heterocycles. The molecule has 3 rings (SSSR count). The molecule has 1 aromatic heterocycles. The van der Waals surface area contributed by atoms with Gasteiger partial charge in [0.1, 0.15) is 0 Å². The van der Waals surface area contributed by atoms with Gasteiger partial charge in [0.15, 0.2) is 0 Å². The Bertz CT molecular complexity index is 395. The zero-order valence-corrected chi connectivity index (χ0v) is 10.5. The van der Waals surface area contributed by atoms with Crippen molar-refractivity contribution < 1.29 is 9.47 Å². The Balaban J connectivity index is 1.73. The maximum atomic E-state index is 6.03. The highest BCUT2D eigenvalue weighted by Gasteiger charge is 2.39. The molecule has 1 atom stereocenters. The maximum absolute atomic E-state index is 6.03. The van der Waals surface area contributed by atoms with Crippen LogP contribution in [-0.2, 0) is 16.0 Å². The first-order valence-electron chi connectivity index (χ1n) is 6.64. The van der Waals surface area contributed by atoms with Crippen molar-refractivity contribution in [3.8, 4) is 0 Å². The maximum Gasteiger partial charge on any atom is 0.0962 e. The predicted molar refractivity (Wildman–Crippen MR) is 64.9 cm³/mol. The van der Waals surface area contributed by atoms with Gasteiger partial charge in [0.2, 0.25) is 0 Å². The summed E-state index contributed by atoms with van der Waals surface area (Å²) < 4.78 is 13.4. The number of ether oxygens (including phenoxy) is 2. The van der Waals surface area contributed by atoms with Crippen LogP contribution in [0.2, 0.25) is 0 Å². The van der Waals surface area contributed by atoms with E-state index in [4.69, 9.17) is 15.2 Å². The fraction of sp³-hybridized carbons (Fsp3) is 0.833. The SMILES string of the molecule is NCc1cn(C2CCOC3(CCOCC3)C2)nn1. The van der Waals surface area contributed by atoms with Gasteiger partial charge in [0, 0.05) is 26.4 Å². The van der Waals surface area contributed by atoms with Crippen LogP contribution in [0.5, 0.6) is 0 Å². The highest BCUT2D eigenvalue weighted by atomic mass is 16.5. The number of nitrogens with zero attached hydrogens (tertiary/aromatic N) is 3. The van der Waals surface area contributed by atoms with E-state index < -0.39 is 0 Å². The number of hydrogen-bond donors (Lipinski definition) is 1. The summed E-state index contributed by atoms with van der Waals surface area (Å²) in [6, 6.07) is 0.379. The summed E-state index contributed by atoms with van der Waals surface area (Å²) in [7, 11) is 0. The van der Waals surface area contributed by atoms with Crippen LogP contribution in [0, 0.1) is 0 Å². The van der Waals surface area contributed by atoms with Crippen molar-refractivity contribution >= 4 is 0 Å². The molecule has 6 heteroatoms. The summed E-state index contributed by atoms with van der Waals surface area (Å²) in [6.45, 7) is 2.85. The van der Waals surface area contributed by atoms with E-state index in [-0.39, 0.29) is 5.60 Å².